The van der Waals surface area contributed by atoms with Crippen molar-refractivity contribution in [1.29, 1.82) is 0 Å². The molecule has 0 aliphatic rings. The molecule has 0 radical (unpaired) electrons. The number of nitrogens with one attached hydrogen (secondary N) is 1. The summed E-state index contributed by atoms with van der Waals surface area (Å²) >= 11 is 0. The molecule has 0 amide bonds. The lowest BCUT2D eigenvalue weighted by atomic mass is 10.4. The highest BCUT2D eigenvalue weighted by Crippen LogP contribution is 2.24. The Morgan fingerprint density at radius 3 is 2.70 bits per heavy atom. The first-order valence-corrected chi connectivity index (χ1v) is 5.41. The van der Waals surface area contributed by atoms with Gasteiger partial charge in [-0.1, -0.05) is 0 Å². The van der Waals surface area contributed by atoms with E-state index in [9.17, 15) is 23.3 Å². The minimum absolute atomic E-state index is 0.0584. The molecule has 0 saturated carbocycles. The van der Waals surface area contributed by atoms with Crippen molar-refractivity contribution in [3.05, 3.63) is 22.2 Å². The molecule has 1 aromatic rings. The lowest BCUT2D eigenvalue weighted by Crippen LogP contribution is -2.20. The number of pyridine rings is 1. The molecule has 0 aromatic carbocycles. The molecule has 7 nitrogen and oxygen atoms in total. The number of anilines is 1. The third kappa shape index (κ3) is 5.26. The topological polar surface area (TPSA) is 86.5 Å². The Balaban J connectivity index is 2.55. The second kappa shape index (κ2) is 6.89. The fraction of sp³-hybridized carbons (Fsp3) is 0.500. The van der Waals surface area contributed by atoms with Gasteiger partial charge in [0.25, 0.3) is 0 Å². The van der Waals surface area contributed by atoms with Gasteiger partial charge in [0.1, 0.15) is 6.61 Å². The van der Waals surface area contributed by atoms with E-state index < -0.39 is 17.7 Å². The highest BCUT2D eigenvalue weighted by atomic mass is 19.4. The van der Waals surface area contributed by atoms with Gasteiger partial charge in [-0.25, -0.2) is 0 Å². The van der Waals surface area contributed by atoms with Crippen LogP contribution in [0, 0.1) is 10.1 Å². The van der Waals surface area contributed by atoms with E-state index in [4.69, 9.17) is 4.74 Å². The molecule has 10 heteroatoms. The van der Waals surface area contributed by atoms with Crippen LogP contribution in [0.25, 0.3) is 0 Å². The van der Waals surface area contributed by atoms with Gasteiger partial charge >= 0.3 is 11.9 Å². The van der Waals surface area contributed by atoms with Crippen molar-refractivity contribution in [2.75, 3.05) is 32.2 Å². The van der Waals surface area contributed by atoms with Crippen LogP contribution in [0.3, 0.4) is 0 Å². The molecule has 0 unspecified atom stereocenters. The molecule has 1 N–H and O–H groups in total. The molecule has 1 aromatic heterocycles. The predicted octanol–water partition coefficient (Wildman–Crippen LogP) is 1.99. The summed E-state index contributed by atoms with van der Waals surface area (Å²) in [5.74, 6) is 0.0549. The molecular formula is C10H12F3N3O4. The van der Waals surface area contributed by atoms with Gasteiger partial charge in [-0.2, -0.15) is 18.2 Å². The van der Waals surface area contributed by atoms with Crippen molar-refractivity contribution in [2.24, 2.45) is 0 Å². The Bertz CT molecular complexity index is 468. The summed E-state index contributed by atoms with van der Waals surface area (Å²) in [5, 5.41) is 13.3. The number of nitro groups is 1. The van der Waals surface area contributed by atoms with E-state index in [0.29, 0.717) is 0 Å². The van der Waals surface area contributed by atoms with Crippen molar-refractivity contribution in [1.82, 2.24) is 4.98 Å². The van der Waals surface area contributed by atoms with Gasteiger partial charge in [-0.05, 0) is 0 Å². The molecule has 20 heavy (non-hydrogen) atoms. The van der Waals surface area contributed by atoms with Gasteiger partial charge in [0.05, 0.1) is 18.6 Å². The van der Waals surface area contributed by atoms with E-state index in [2.05, 4.69) is 15.0 Å². The number of hydrogen-bond acceptors (Lipinski definition) is 6. The van der Waals surface area contributed by atoms with Gasteiger partial charge in [0.15, 0.2) is 0 Å². The fourth-order valence-electron chi connectivity index (χ4n) is 1.25. The number of alkyl halides is 3. The number of nitrogens with zero attached hydrogens (tertiary/aromatic N) is 2. The first kappa shape index (κ1) is 16.0. The fourth-order valence-corrected chi connectivity index (χ4v) is 1.25. The number of rotatable bonds is 7. The predicted molar refractivity (Wildman–Crippen MR) is 62.8 cm³/mol. The Hall–Kier alpha value is -2.10. The first-order valence-electron chi connectivity index (χ1n) is 5.41. The van der Waals surface area contributed by atoms with E-state index in [0.717, 1.165) is 0 Å². The van der Waals surface area contributed by atoms with Gasteiger partial charge < -0.3 is 14.8 Å². The minimum Gasteiger partial charge on any atom is -0.481 e. The average Bonchev–Trinajstić information content (AvgIpc) is 2.36. The minimum atomic E-state index is -4.40. The molecule has 1 heterocycles. The van der Waals surface area contributed by atoms with Crippen LogP contribution in [0.1, 0.15) is 0 Å². The molecule has 0 spiro atoms. The Morgan fingerprint density at radius 1 is 1.45 bits per heavy atom. The highest BCUT2D eigenvalue weighted by Gasteiger charge is 2.27. The van der Waals surface area contributed by atoms with Crippen LogP contribution < -0.4 is 10.1 Å². The largest absolute Gasteiger partial charge is 0.481 e. The molecule has 0 bridgehead atoms. The molecule has 1 rings (SSSR count). The van der Waals surface area contributed by atoms with Crippen molar-refractivity contribution in [3.63, 3.8) is 0 Å². The lowest BCUT2D eigenvalue weighted by molar-refractivity contribution is -0.384. The molecule has 0 aliphatic heterocycles. The van der Waals surface area contributed by atoms with E-state index in [1.54, 1.807) is 0 Å². The molecule has 0 fully saturated rings. The highest BCUT2D eigenvalue weighted by molar-refractivity contribution is 5.56. The van der Waals surface area contributed by atoms with Crippen LogP contribution in [0.2, 0.25) is 0 Å². The lowest BCUT2D eigenvalue weighted by Gasteiger charge is -2.09. The zero-order valence-corrected chi connectivity index (χ0v) is 10.4. The monoisotopic (exact) mass is 295 g/mol. The maximum atomic E-state index is 11.8. The van der Waals surface area contributed by atoms with E-state index in [-0.39, 0.29) is 30.5 Å². The Kier molecular flexibility index (Phi) is 5.50. The SMILES string of the molecule is COc1ccc([N+](=O)[O-])c(NCCOCC(F)(F)F)n1. The Morgan fingerprint density at radius 2 is 2.15 bits per heavy atom. The van der Waals surface area contributed by atoms with Crippen LogP contribution >= 0.6 is 0 Å². The molecule has 112 valence electrons. The summed E-state index contributed by atoms with van der Waals surface area (Å²) in [6.45, 7) is -1.70. The summed E-state index contributed by atoms with van der Waals surface area (Å²) in [7, 11) is 1.34. The second-order valence-corrected chi connectivity index (χ2v) is 3.57. The summed E-state index contributed by atoms with van der Waals surface area (Å²) in [4.78, 5) is 13.9. The zero-order chi connectivity index (χ0) is 15.2. The second-order valence-electron chi connectivity index (χ2n) is 3.57. The van der Waals surface area contributed by atoms with Gasteiger partial charge in [0, 0.05) is 18.7 Å². The normalized spacial score (nSPS) is 11.2. The maximum Gasteiger partial charge on any atom is 0.411 e. The Labute approximate surface area is 111 Å². The average molecular weight is 295 g/mol. The maximum absolute atomic E-state index is 11.8. The summed E-state index contributed by atoms with van der Waals surface area (Å²) in [5.41, 5.74) is -0.304. The zero-order valence-electron chi connectivity index (χ0n) is 10.4. The third-order valence-electron chi connectivity index (χ3n) is 2.06. The number of hydrogen-bond donors (Lipinski definition) is 1. The number of methoxy groups -OCH3 is 1. The summed E-state index contributed by atoms with van der Waals surface area (Å²) < 4.78 is 44.6. The van der Waals surface area contributed by atoms with Crippen LogP contribution in [0.4, 0.5) is 24.7 Å². The van der Waals surface area contributed by atoms with Crippen LogP contribution in [0.5, 0.6) is 5.88 Å². The van der Waals surface area contributed by atoms with Crippen LogP contribution in [-0.4, -0.2) is 43.0 Å². The van der Waals surface area contributed by atoms with E-state index in [1.807, 2.05) is 0 Å². The number of ether oxygens (including phenoxy) is 2. The van der Waals surface area contributed by atoms with Gasteiger partial charge in [0.2, 0.25) is 11.7 Å². The van der Waals surface area contributed by atoms with E-state index >= 15 is 0 Å². The molecular weight excluding hydrogens is 283 g/mol. The first-order chi connectivity index (χ1) is 9.33. The van der Waals surface area contributed by atoms with Crippen molar-refractivity contribution in [2.45, 2.75) is 6.18 Å². The summed E-state index contributed by atoms with van der Waals surface area (Å²) in [6.07, 6.45) is -4.40. The number of halogens is 3. The smallest absolute Gasteiger partial charge is 0.411 e. The quantitative estimate of drug-likeness (QED) is 0.470. The number of aromatic nitrogens is 1. The molecule has 0 atom stereocenters. The standard InChI is InChI=1S/C10H12F3N3O4/c1-19-8-3-2-7(16(17)18)9(15-8)14-4-5-20-6-10(11,12)13/h2-3H,4-6H2,1H3,(H,14,15). The summed E-state index contributed by atoms with van der Waals surface area (Å²) in [6, 6.07) is 2.49. The van der Waals surface area contributed by atoms with Crippen molar-refractivity contribution in [3.8, 4) is 5.88 Å². The van der Waals surface area contributed by atoms with E-state index in [1.165, 1.54) is 19.2 Å². The molecule has 0 saturated heterocycles. The molecule has 0 aliphatic carbocycles. The van der Waals surface area contributed by atoms with Crippen LogP contribution in [-0.2, 0) is 4.74 Å². The van der Waals surface area contributed by atoms with Gasteiger partial charge in [-0.3, -0.25) is 10.1 Å². The van der Waals surface area contributed by atoms with Crippen molar-refractivity contribution >= 4 is 11.5 Å². The van der Waals surface area contributed by atoms with Crippen molar-refractivity contribution < 1.29 is 27.6 Å². The third-order valence-corrected chi connectivity index (χ3v) is 2.06. The van der Waals surface area contributed by atoms with Crippen LogP contribution in [0.15, 0.2) is 12.1 Å². The van der Waals surface area contributed by atoms with Gasteiger partial charge in [-0.15, -0.1) is 0 Å².